The summed E-state index contributed by atoms with van der Waals surface area (Å²) in [4.78, 5) is 17.4. The van der Waals surface area contributed by atoms with Gasteiger partial charge in [0, 0.05) is 23.6 Å². The first kappa shape index (κ1) is 17.0. The first-order chi connectivity index (χ1) is 13.8. The second-order valence-electron chi connectivity index (χ2n) is 7.25. The molecule has 0 unspecified atom stereocenters. The average Bonchev–Trinajstić information content (AvgIpc) is 3.12. The molecule has 2 aromatic heterocycles. The van der Waals surface area contributed by atoms with Crippen LogP contribution < -0.4 is 14.8 Å². The number of amides is 1. The molecule has 0 radical (unpaired) electrons. The van der Waals surface area contributed by atoms with Gasteiger partial charge in [0.1, 0.15) is 18.8 Å². The van der Waals surface area contributed by atoms with Crippen LogP contribution in [0.25, 0.3) is 5.65 Å². The maximum atomic E-state index is 12.9. The number of fused-ring (bicyclic) bond motifs is 4. The zero-order valence-electron chi connectivity index (χ0n) is 15.6. The van der Waals surface area contributed by atoms with Crippen LogP contribution in [-0.2, 0) is 12.8 Å². The van der Waals surface area contributed by atoms with Crippen LogP contribution in [0, 0.1) is 0 Å². The van der Waals surface area contributed by atoms with Gasteiger partial charge in [-0.25, -0.2) is 9.50 Å². The van der Waals surface area contributed by atoms with Crippen LogP contribution in [0.2, 0.25) is 0 Å². The van der Waals surface area contributed by atoms with Gasteiger partial charge in [-0.05, 0) is 43.4 Å². The lowest BCUT2D eigenvalue weighted by molar-refractivity contribution is 0.102. The predicted octanol–water partition coefficient (Wildman–Crippen LogP) is 3.41. The molecule has 7 heteroatoms. The Kier molecular flexibility index (Phi) is 4.35. The van der Waals surface area contributed by atoms with Gasteiger partial charge in [-0.15, -0.1) is 0 Å². The lowest BCUT2D eigenvalue weighted by Gasteiger charge is -2.19. The van der Waals surface area contributed by atoms with Crippen molar-refractivity contribution in [3.05, 3.63) is 47.4 Å². The fraction of sp³-hybridized carbons (Fsp3) is 0.381. The number of hydrogen-bond donors (Lipinski definition) is 1. The van der Waals surface area contributed by atoms with E-state index in [0.717, 1.165) is 19.3 Å². The second-order valence-corrected chi connectivity index (χ2v) is 7.25. The Morgan fingerprint density at radius 3 is 2.71 bits per heavy atom. The monoisotopic (exact) mass is 378 g/mol. The van der Waals surface area contributed by atoms with Crippen molar-refractivity contribution in [3.8, 4) is 11.5 Å². The van der Waals surface area contributed by atoms with E-state index in [1.807, 2.05) is 10.7 Å². The van der Waals surface area contributed by atoms with E-state index in [1.165, 1.54) is 30.5 Å². The standard InChI is InChI=1S/C21H22N4O3/c26-21(24-15-7-8-18-19(11-15)28-10-9-27-18)16-13-23-25-17-6-4-2-1-3-5-14(17)12-22-20(16)25/h7-8,11-13H,1-6,9-10H2,(H,24,26). The molecular weight excluding hydrogens is 356 g/mol. The molecule has 1 amide bonds. The van der Waals surface area contributed by atoms with E-state index in [0.29, 0.717) is 41.6 Å². The normalized spacial score (nSPS) is 16.1. The highest BCUT2D eigenvalue weighted by molar-refractivity contribution is 6.08. The molecule has 0 saturated carbocycles. The third-order valence-electron chi connectivity index (χ3n) is 5.37. The molecule has 7 nitrogen and oxygen atoms in total. The van der Waals surface area contributed by atoms with E-state index in [-0.39, 0.29) is 5.91 Å². The molecule has 1 aliphatic heterocycles. The Labute approximate surface area is 162 Å². The zero-order valence-corrected chi connectivity index (χ0v) is 15.6. The van der Waals surface area contributed by atoms with Crippen molar-refractivity contribution in [3.63, 3.8) is 0 Å². The van der Waals surface area contributed by atoms with E-state index >= 15 is 0 Å². The van der Waals surface area contributed by atoms with Crippen molar-refractivity contribution in [2.45, 2.75) is 38.5 Å². The third-order valence-corrected chi connectivity index (χ3v) is 5.37. The van der Waals surface area contributed by atoms with Gasteiger partial charge in [0.25, 0.3) is 5.91 Å². The van der Waals surface area contributed by atoms with Crippen LogP contribution in [0.5, 0.6) is 11.5 Å². The molecule has 144 valence electrons. The third kappa shape index (κ3) is 3.06. The van der Waals surface area contributed by atoms with Gasteiger partial charge < -0.3 is 14.8 Å². The number of benzene rings is 1. The summed E-state index contributed by atoms with van der Waals surface area (Å²) in [5, 5.41) is 7.41. The van der Waals surface area contributed by atoms with E-state index in [1.54, 1.807) is 24.4 Å². The number of nitrogens with one attached hydrogen (secondary N) is 1. The van der Waals surface area contributed by atoms with E-state index in [2.05, 4.69) is 15.4 Å². The number of anilines is 1. The van der Waals surface area contributed by atoms with Crippen molar-refractivity contribution >= 4 is 17.2 Å². The Bertz CT molecular complexity index is 1040. The molecule has 1 aliphatic carbocycles. The number of ether oxygens (including phenoxy) is 2. The molecule has 0 bridgehead atoms. The van der Waals surface area contributed by atoms with Crippen molar-refractivity contribution in [1.82, 2.24) is 14.6 Å². The number of carbonyl (C=O) groups is 1. The molecule has 0 atom stereocenters. The van der Waals surface area contributed by atoms with Crippen LogP contribution in [0.1, 0.15) is 47.3 Å². The molecule has 3 aromatic rings. The summed E-state index contributed by atoms with van der Waals surface area (Å²) >= 11 is 0. The fourth-order valence-electron chi connectivity index (χ4n) is 3.93. The van der Waals surface area contributed by atoms with Crippen molar-refractivity contribution in [2.24, 2.45) is 0 Å². The molecule has 5 rings (SSSR count). The summed E-state index contributed by atoms with van der Waals surface area (Å²) in [5.74, 6) is 1.11. The highest BCUT2D eigenvalue weighted by Crippen LogP contribution is 2.32. The molecule has 0 spiro atoms. The van der Waals surface area contributed by atoms with Gasteiger partial charge in [0.15, 0.2) is 17.1 Å². The summed E-state index contributed by atoms with van der Waals surface area (Å²) in [6, 6.07) is 5.39. The quantitative estimate of drug-likeness (QED) is 0.739. The maximum absolute atomic E-state index is 12.9. The van der Waals surface area contributed by atoms with E-state index < -0.39 is 0 Å². The van der Waals surface area contributed by atoms with Crippen molar-refractivity contribution in [1.29, 1.82) is 0 Å². The molecule has 3 heterocycles. The molecule has 0 fully saturated rings. The number of aryl methyl sites for hydroxylation is 2. The number of aromatic nitrogens is 3. The number of carbonyl (C=O) groups excluding carboxylic acids is 1. The zero-order chi connectivity index (χ0) is 18.9. The van der Waals surface area contributed by atoms with Gasteiger partial charge in [-0.2, -0.15) is 5.10 Å². The number of nitrogens with zero attached hydrogens (tertiary/aromatic N) is 3. The topological polar surface area (TPSA) is 77.8 Å². The van der Waals surface area contributed by atoms with Gasteiger partial charge in [0.05, 0.1) is 6.20 Å². The number of hydrogen-bond acceptors (Lipinski definition) is 5. The number of rotatable bonds is 2. The fourth-order valence-corrected chi connectivity index (χ4v) is 3.93. The highest BCUT2D eigenvalue weighted by atomic mass is 16.6. The Balaban J connectivity index is 1.44. The minimum Gasteiger partial charge on any atom is -0.486 e. The van der Waals surface area contributed by atoms with Crippen LogP contribution in [-0.4, -0.2) is 33.7 Å². The molecular formula is C21H22N4O3. The second kappa shape index (κ2) is 7.14. The van der Waals surface area contributed by atoms with Gasteiger partial charge in [0.2, 0.25) is 0 Å². The summed E-state index contributed by atoms with van der Waals surface area (Å²) < 4.78 is 13.0. The molecule has 2 aliphatic rings. The Hall–Kier alpha value is -3.09. The Morgan fingerprint density at radius 1 is 1.00 bits per heavy atom. The van der Waals surface area contributed by atoms with Crippen LogP contribution in [0.3, 0.4) is 0 Å². The first-order valence-corrected chi connectivity index (χ1v) is 9.85. The summed E-state index contributed by atoms with van der Waals surface area (Å²) in [6.07, 6.45) is 10.3. The molecule has 0 saturated heterocycles. The smallest absolute Gasteiger partial charge is 0.261 e. The van der Waals surface area contributed by atoms with Gasteiger partial charge in [-0.1, -0.05) is 12.8 Å². The molecule has 28 heavy (non-hydrogen) atoms. The minimum atomic E-state index is -0.232. The van der Waals surface area contributed by atoms with Crippen molar-refractivity contribution in [2.75, 3.05) is 18.5 Å². The lowest BCUT2D eigenvalue weighted by atomic mass is 9.98. The van der Waals surface area contributed by atoms with E-state index in [4.69, 9.17) is 9.47 Å². The Morgan fingerprint density at radius 2 is 1.82 bits per heavy atom. The predicted molar refractivity (Wildman–Crippen MR) is 104 cm³/mol. The van der Waals surface area contributed by atoms with Crippen LogP contribution in [0.15, 0.2) is 30.6 Å². The first-order valence-electron chi connectivity index (χ1n) is 9.85. The largest absolute Gasteiger partial charge is 0.486 e. The van der Waals surface area contributed by atoms with Crippen molar-refractivity contribution < 1.29 is 14.3 Å². The lowest BCUT2D eigenvalue weighted by Crippen LogP contribution is -2.16. The maximum Gasteiger partial charge on any atom is 0.261 e. The van der Waals surface area contributed by atoms with Crippen LogP contribution >= 0.6 is 0 Å². The average molecular weight is 378 g/mol. The molecule has 1 aromatic carbocycles. The SMILES string of the molecule is O=C(Nc1ccc2c(c1)OCCO2)c1cnn2c3c(cnc12)CCCCCC3. The van der Waals surface area contributed by atoms with Gasteiger partial charge >= 0.3 is 0 Å². The minimum absolute atomic E-state index is 0.232. The molecule has 1 N–H and O–H groups in total. The summed E-state index contributed by atoms with van der Waals surface area (Å²) in [6.45, 7) is 1.05. The van der Waals surface area contributed by atoms with E-state index in [9.17, 15) is 4.79 Å². The summed E-state index contributed by atoms with van der Waals surface area (Å²) in [5.41, 5.74) is 4.16. The van der Waals surface area contributed by atoms with Crippen LogP contribution in [0.4, 0.5) is 5.69 Å². The van der Waals surface area contributed by atoms with Gasteiger partial charge in [-0.3, -0.25) is 4.79 Å². The highest BCUT2D eigenvalue weighted by Gasteiger charge is 2.20. The summed E-state index contributed by atoms with van der Waals surface area (Å²) in [7, 11) is 0.